The molecule has 1 amide bonds. The fourth-order valence-electron chi connectivity index (χ4n) is 3.44. The highest BCUT2D eigenvalue weighted by Gasteiger charge is 2.18. The lowest BCUT2D eigenvalue weighted by Gasteiger charge is -2.10. The lowest BCUT2D eigenvalue weighted by molar-refractivity contribution is 0.0956. The third-order valence-electron chi connectivity index (χ3n) is 4.72. The maximum absolute atomic E-state index is 12.3. The summed E-state index contributed by atoms with van der Waals surface area (Å²) in [5.41, 5.74) is 0. The first-order valence-corrected chi connectivity index (χ1v) is 9.48. The SMILES string of the molecule is O=C(NCCCn1cccn1)c1cc2cn(C3CCCC3)cc2s1. The van der Waals surface area contributed by atoms with Gasteiger partial charge in [-0.3, -0.25) is 9.48 Å². The number of hydrogen-bond acceptors (Lipinski definition) is 3. The quantitative estimate of drug-likeness (QED) is 0.692. The Kier molecular flexibility index (Phi) is 4.38. The van der Waals surface area contributed by atoms with E-state index in [1.54, 1.807) is 17.5 Å². The molecule has 126 valence electrons. The van der Waals surface area contributed by atoms with Crippen LogP contribution in [-0.4, -0.2) is 26.8 Å². The Labute approximate surface area is 145 Å². The number of nitrogens with one attached hydrogen (secondary N) is 1. The summed E-state index contributed by atoms with van der Waals surface area (Å²) in [4.78, 5) is 13.1. The Morgan fingerprint density at radius 3 is 2.96 bits per heavy atom. The average molecular weight is 342 g/mol. The summed E-state index contributed by atoms with van der Waals surface area (Å²) >= 11 is 1.59. The first-order valence-electron chi connectivity index (χ1n) is 8.66. The molecule has 3 aromatic rings. The predicted octanol–water partition coefficient (Wildman–Crippen LogP) is 3.83. The molecule has 0 unspecified atom stereocenters. The normalized spacial score (nSPS) is 15.3. The van der Waals surface area contributed by atoms with Crippen molar-refractivity contribution in [3.63, 3.8) is 0 Å². The monoisotopic (exact) mass is 342 g/mol. The molecule has 0 saturated heterocycles. The van der Waals surface area contributed by atoms with Crippen LogP contribution in [0.4, 0.5) is 0 Å². The van der Waals surface area contributed by atoms with Crippen LogP contribution < -0.4 is 5.32 Å². The van der Waals surface area contributed by atoms with Gasteiger partial charge in [-0.05, 0) is 31.4 Å². The Morgan fingerprint density at radius 1 is 1.33 bits per heavy atom. The van der Waals surface area contributed by atoms with Crippen molar-refractivity contribution < 1.29 is 4.79 Å². The lowest BCUT2D eigenvalue weighted by Crippen LogP contribution is -2.24. The van der Waals surface area contributed by atoms with Crippen LogP contribution in [-0.2, 0) is 6.54 Å². The molecular formula is C18H22N4OS. The third kappa shape index (κ3) is 3.24. The van der Waals surface area contributed by atoms with Crippen molar-refractivity contribution >= 4 is 27.3 Å². The summed E-state index contributed by atoms with van der Waals surface area (Å²) in [6, 6.07) is 4.59. The average Bonchev–Trinajstić information content (AvgIpc) is 3.35. The zero-order valence-electron chi connectivity index (χ0n) is 13.6. The summed E-state index contributed by atoms with van der Waals surface area (Å²) in [6.07, 6.45) is 14.2. The second kappa shape index (κ2) is 6.81. The molecule has 24 heavy (non-hydrogen) atoms. The first-order chi connectivity index (χ1) is 11.8. The number of carbonyl (C=O) groups is 1. The van der Waals surface area contributed by atoms with Crippen LogP contribution in [0.5, 0.6) is 0 Å². The second-order valence-electron chi connectivity index (χ2n) is 6.45. The third-order valence-corrected chi connectivity index (χ3v) is 5.81. The van der Waals surface area contributed by atoms with Gasteiger partial charge in [0.05, 0.1) is 9.58 Å². The molecule has 0 radical (unpaired) electrons. The van der Waals surface area contributed by atoms with Crippen molar-refractivity contribution in [2.24, 2.45) is 0 Å². The smallest absolute Gasteiger partial charge is 0.261 e. The van der Waals surface area contributed by atoms with Crippen LogP contribution in [0.25, 0.3) is 10.1 Å². The highest BCUT2D eigenvalue weighted by Crippen LogP contribution is 2.34. The molecule has 0 atom stereocenters. The maximum Gasteiger partial charge on any atom is 0.261 e. The molecule has 1 N–H and O–H groups in total. The summed E-state index contributed by atoms with van der Waals surface area (Å²) in [5.74, 6) is 0.0316. The molecule has 0 aliphatic heterocycles. The van der Waals surface area contributed by atoms with Gasteiger partial charge in [0.1, 0.15) is 0 Å². The topological polar surface area (TPSA) is 51.9 Å². The number of rotatable bonds is 6. The van der Waals surface area contributed by atoms with Gasteiger partial charge in [0.25, 0.3) is 5.91 Å². The van der Waals surface area contributed by atoms with E-state index < -0.39 is 0 Å². The summed E-state index contributed by atoms with van der Waals surface area (Å²) in [6.45, 7) is 1.50. The summed E-state index contributed by atoms with van der Waals surface area (Å²) < 4.78 is 5.44. The van der Waals surface area contributed by atoms with Crippen molar-refractivity contribution in [1.82, 2.24) is 19.7 Å². The largest absolute Gasteiger partial charge is 0.351 e. The maximum atomic E-state index is 12.3. The van der Waals surface area contributed by atoms with Gasteiger partial charge >= 0.3 is 0 Å². The standard InChI is InChI=1S/C18H22N4OS/c23-18(19-7-3-9-22-10-4-8-20-22)16-11-14-12-21(13-17(14)24-16)15-5-1-2-6-15/h4,8,10-13,15H,1-3,5-7,9H2,(H,19,23). The van der Waals surface area contributed by atoms with Gasteiger partial charge in [0.15, 0.2) is 0 Å². The van der Waals surface area contributed by atoms with Gasteiger partial charge in [-0.15, -0.1) is 11.3 Å². The van der Waals surface area contributed by atoms with Crippen LogP contribution in [0.2, 0.25) is 0 Å². The van der Waals surface area contributed by atoms with Crippen LogP contribution in [0.1, 0.15) is 47.8 Å². The molecule has 3 aromatic heterocycles. The Morgan fingerprint density at radius 2 is 2.21 bits per heavy atom. The molecule has 0 bridgehead atoms. The van der Waals surface area contributed by atoms with E-state index >= 15 is 0 Å². The number of nitrogens with zero attached hydrogens (tertiary/aromatic N) is 3. The van der Waals surface area contributed by atoms with E-state index in [9.17, 15) is 4.79 Å². The van der Waals surface area contributed by atoms with Gasteiger partial charge in [0, 0.05) is 49.3 Å². The van der Waals surface area contributed by atoms with Crippen LogP contribution in [0.15, 0.2) is 36.9 Å². The number of aryl methyl sites for hydroxylation is 1. The highest BCUT2D eigenvalue weighted by atomic mass is 32.1. The molecule has 1 aliphatic carbocycles. The Hall–Kier alpha value is -2.08. The molecule has 0 spiro atoms. The highest BCUT2D eigenvalue weighted by molar-refractivity contribution is 7.20. The van der Waals surface area contributed by atoms with E-state index in [0.29, 0.717) is 12.6 Å². The molecule has 5 nitrogen and oxygen atoms in total. The van der Waals surface area contributed by atoms with E-state index in [1.165, 1.54) is 35.8 Å². The number of fused-ring (bicyclic) bond motifs is 1. The molecular weight excluding hydrogens is 320 g/mol. The number of amides is 1. The van der Waals surface area contributed by atoms with Crippen molar-refractivity contribution in [3.8, 4) is 0 Å². The van der Waals surface area contributed by atoms with Crippen LogP contribution in [0, 0.1) is 0 Å². The van der Waals surface area contributed by atoms with E-state index in [1.807, 2.05) is 23.0 Å². The van der Waals surface area contributed by atoms with Gasteiger partial charge in [-0.1, -0.05) is 12.8 Å². The first kappa shape index (κ1) is 15.4. The minimum atomic E-state index is 0.0316. The van der Waals surface area contributed by atoms with Crippen molar-refractivity contribution in [3.05, 3.63) is 41.8 Å². The summed E-state index contributed by atoms with van der Waals surface area (Å²) in [5, 5.41) is 8.35. The zero-order valence-corrected chi connectivity index (χ0v) is 14.5. The molecule has 3 heterocycles. The van der Waals surface area contributed by atoms with Gasteiger partial charge in [-0.25, -0.2) is 0 Å². The fourth-order valence-corrected chi connectivity index (χ4v) is 4.43. The fraction of sp³-hybridized carbons (Fsp3) is 0.444. The van der Waals surface area contributed by atoms with E-state index in [2.05, 4.69) is 27.4 Å². The minimum Gasteiger partial charge on any atom is -0.351 e. The Bertz CT molecular complexity index is 780. The molecule has 4 rings (SSSR count). The number of carbonyl (C=O) groups excluding carboxylic acids is 1. The van der Waals surface area contributed by atoms with Gasteiger partial charge in [-0.2, -0.15) is 5.10 Å². The van der Waals surface area contributed by atoms with Crippen LogP contribution in [0.3, 0.4) is 0 Å². The molecule has 1 saturated carbocycles. The van der Waals surface area contributed by atoms with Crippen LogP contribution >= 0.6 is 11.3 Å². The van der Waals surface area contributed by atoms with Crippen molar-refractivity contribution in [2.45, 2.75) is 44.7 Å². The van der Waals surface area contributed by atoms with Gasteiger partial charge in [0.2, 0.25) is 0 Å². The summed E-state index contributed by atoms with van der Waals surface area (Å²) in [7, 11) is 0. The number of aromatic nitrogens is 3. The molecule has 1 fully saturated rings. The van der Waals surface area contributed by atoms with Gasteiger partial charge < -0.3 is 9.88 Å². The van der Waals surface area contributed by atoms with Crippen molar-refractivity contribution in [1.29, 1.82) is 0 Å². The van der Waals surface area contributed by atoms with E-state index in [-0.39, 0.29) is 5.91 Å². The predicted molar refractivity (Wildman–Crippen MR) is 96.5 cm³/mol. The Balaban J connectivity index is 1.33. The van der Waals surface area contributed by atoms with Crippen molar-refractivity contribution in [2.75, 3.05) is 6.54 Å². The number of thiophene rings is 1. The second-order valence-corrected chi connectivity index (χ2v) is 7.54. The molecule has 1 aliphatic rings. The number of hydrogen-bond donors (Lipinski definition) is 1. The lowest BCUT2D eigenvalue weighted by atomic mass is 10.2. The molecule has 6 heteroatoms. The minimum absolute atomic E-state index is 0.0316. The van der Waals surface area contributed by atoms with E-state index in [0.717, 1.165) is 17.8 Å². The van der Waals surface area contributed by atoms with E-state index in [4.69, 9.17) is 0 Å². The molecule has 0 aromatic carbocycles. The zero-order chi connectivity index (χ0) is 16.4.